The van der Waals surface area contributed by atoms with E-state index in [1.165, 1.54) is 56.7 Å². The van der Waals surface area contributed by atoms with Gasteiger partial charge in [-0.25, -0.2) is 15.0 Å². The number of alkyl halides is 1. The van der Waals surface area contributed by atoms with Crippen LogP contribution in [0.1, 0.15) is 21.6 Å². The molecule has 0 aliphatic heterocycles. The fourth-order valence-electron chi connectivity index (χ4n) is 2.83. The minimum Gasteiger partial charge on any atom is -0.508 e. The van der Waals surface area contributed by atoms with Crippen molar-refractivity contribution < 1.29 is 25.4 Å². The van der Waals surface area contributed by atoms with Crippen LogP contribution in [0.15, 0.2) is 67.1 Å². The summed E-state index contributed by atoms with van der Waals surface area (Å²) in [6.45, 7) is 3.63. The molecule has 0 fully saturated rings. The Morgan fingerprint density at radius 1 is 0.711 bits per heavy atom. The standard InChI is InChI=1S/C11H12N2OS.C6H7BO3.C5H7ClN2S.C4H3Cl2NS.C2H6O/c1-12-6-10-7-13-11(15-10)8-2-4-9(14)5-3-8;8-6-3-1-5(2-4-6)7(9)10;1-7-2-4-3-8-5(6)9-4;5-1-3-2-7-4(6)8-3;1-2-3/h2-5,7,12,14H,6H2,1H3;1-4,8-10H;3,7H,2H2,1H3;2H,1H2;3H,2H2,1H3. The number of halogens is 3. The van der Waals surface area contributed by atoms with Gasteiger partial charge in [0, 0.05) is 58.5 Å². The SMILES string of the molecule is CCO.CNCc1cnc(-c2ccc(O)cc2)s1.CNCc1cnc(Cl)s1.ClCc1cnc(Cl)s1.OB(O)c1ccc(O)cc1. The van der Waals surface area contributed by atoms with Crippen molar-refractivity contribution >= 4 is 81.4 Å². The summed E-state index contributed by atoms with van der Waals surface area (Å²) in [6, 6.07) is 12.8. The topological polar surface area (TPSA) is 164 Å². The molecule has 0 bridgehead atoms. The summed E-state index contributed by atoms with van der Waals surface area (Å²) in [4.78, 5) is 15.4. The third kappa shape index (κ3) is 17.8. The monoisotopic (exact) mass is 733 g/mol. The minimum atomic E-state index is -1.46. The van der Waals surface area contributed by atoms with Crippen LogP contribution < -0.4 is 16.1 Å². The zero-order chi connectivity index (χ0) is 33.6. The van der Waals surface area contributed by atoms with Crippen molar-refractivity contribution in [1.29, 1.82) is 0 Å². The lowest BCUT2D eigenvalue weighted by atomic mass is 9.80. The predicted molar refractivity (Wildman–Crippen MR) is 189 cm³/mol. The Bertz CT molecular complexity index is 1460. The minimum absolute atomic E-state index is 0.115. The van der Waals surface area contributed by atoms with Gasteiger partial charge in [0.25, 0.3) is 0 Å². The molecule has 0 saturated heterocycles. The Labute approximate surface area is 290 Å². The number of benzene rings is 2. The normalized spacial score (nSPS) is 9.71. The van der Waals surface area contributed by atoms with E-state index in [0.717, 1.165) is 28.5 Å². The molecular formula is C28H35BCl3N5O5S3. The van der Waals surface area contributed by atoms with Gasteiger partial charge in [0.1, 0.15) is 16.5 Å². The maximum absolute atomic E-state index is 9.17. The quantitative estimate of drug-likeness (QED) is 0.0857. The molecule has 0 aliphatic rings. The summed E-state index contributed by atoms with van der Waals surface area (Å²) >= 11 is 21.1. The molecule has 3 heterocycles. The molecule has 0 saturated carbocycles. The first kappa shape index (κ1) is 40.7. The molecule has 0 amide bonds. The summed E-state index contributed by atoms with van der Waals surface area (Å²) in [6.07, 6.45) is 5.34. The van der Waals surface area contributed by atoms with Crippen LogP contribution in [0.3, 0.4) is 0 Å². The smallest absolute Gasteiger partial charge is 0.488 e. The van der Waals surface area contributed by atoms with E-state index in [2.05, 4.69) is 25.6 Å². The number of nitrogens with zero attached hydrogens (tertiary/aromatic N) is 3. The molecule has 0 spiro atoms. The van der Waals surface area contributed by atoms with Crippen molar-refractivity contribution in [3.63, 3.8) is 0 Å². The van der Waals surface area contributed by atoms with E-state index in [0.29, 0.717) is 20.3 Å². The van der Waals surface area contributed by atoms with Crippen LogP contribution in [-0.2, 0) is 19.0 Å². The van der Waals surface area contributed by atoms with Gasteiger partial charge in [-0.1, -0.05) is 35.3 Å². The number of phenolic OH excluding ortho intramolecular Hbond substituents is 2. The third-order valence-electron chi connectivity index (χ3n) is 4.74. The molecule has 7 N–H and O–H groups in total. The van der Waals surface area contributed by atoms with Gasteiger partial charge in [-0.3, -0.25) is 0 Å². The summed E-state index contributed by atoms with van der Waals surface area (Å²) in [5, 5.41) is 49.8. The number of rotatable bonds is 7. The number of phenols is 2. The number of aromatic hydroxyl groups is 2. The highest BCUT2D eigenvalue weighted by molar-refractivity contribution is 7.16. The van der Waals surface area contributed by atoms with Crippen molar-refractivity contribution in [2.45, 2.75) is 25.9 Å². The average molecular weight is 735 g/mol. The number of aromatic nitrogens is 3. The molecule has 244 valence electrons. The largest absolute Gasteiger partial charge is 0.508 e. The number of nitrogens with one attached hydrogen (secondary N) is 2. The van der Waals surface area contributed by atoms with Gasteiger partial charge in [-0.2, -0.15) is 0 Å². The van der Waals surface area contributed by atoms with Gasteiger partial charge >= 0.3 is 7.12 Å². The lowest BCUT2D eigenvalue weighted by molar-refractivity contribution is 0.318. The number of thiazole rings is 3. The van der Waals surface area contributed by atoms with E-state index < -0.39 is 7.12 Å². The molecule has 3 aromatic heterocycles. The second kappa shape index (κ2) is 23.9. The van der Waals surface area contributed by atoms with Gasteiger partial charge in [-0.15, -0.1) is 45.6 Å². The maximum Gasteiger partial charge on any atom is 0.488 e. The van der Waals surface area contributed by atoms with Crippen molar-refractivity contribution in [2.24, 2.45) is 0 Å². The molecule has 0 radical (unpaired) electrons. The molecule has 0 unspecified atom stereocenters. The van der Waals surface area contributed by atoms with Gasteiger partial charge in [0.15, 0.2) is 8.93 Å². The zero-order valence-electron chi connectivity index (χ0n) is 24.7. The summed E-state index contributed by atoms with van der Waals surface area (Å²) in [7, 11) is 2.36. The number of hydrogen-bond acceptors (Lipinski definition) is 13. The number of aliphatic hydroxyl groups excluding tert-OH is 1. The van der Waals surface area contributed by atoms with E-state index in [9.17, 15) is 0 Å². The number of aliphatic hydroxyl groups is 1. The van der Waals surface area contributed by atoms with E-state index in [1.807, 2.05) is 32.4 Å². The Balaban J connectivity index is 0.000000300. The Kier molecular flexibility index (Phi) is 21.6. The molecule has 10 nitrogen and oxygen atoms in total. The maximum atomic E-state index is 9.17. The van der Waals surface area contributed by atoms with E-state index in [4.69, 9.17) is 60.2 Å². The highest BCUT2D eigenvalue weighted by Crippen LogP contribution is 2.26. The van der Waals surface area contributed by atoms with Gasteiger partial charge in [0.2, 0.25) is 0 Å². The molecule has 45 heavy (non-hydrogen) atoms. The lowest BCUT2D eigenvalue weighted by Crippen LogP contribution is -2.29. The molecular weight excluding hydrogens is 700 g/mol. The van der Waals surface area contributed by atoms with Gasteiger partial charge in [0.05, 0.1) is 5.88 Å². The zero-order valence-corrected chi connectivity index (χ0v) is 29.4. The molecule has 2 aromatic carbocycles. The fourth-order valence-corrected chi connectivity index (χ4v) is 5.81. The van der Waals surface area contributed by atoms with E-state index >= 15 is 0 Å². The van der Waals surface area contributed by atoms with Gasteiger partial charge < -0.3 is 36.0 Å². The fraction of sp³-hybridized carbons (Fsp3) is 0.250. The highest BCUT2D eigenvalue weighted by Gasteiger charge is 2.09. The van der Waals surface area contributed by atoms with Crippen molar-refractivity contribution in [3.8, 4) is 22.1 Å². The van der Waals surface area contributed by atoms with Crippen LogP contribution in [0.2, 0.25) is 8.93 Å². The van der Waals surface area contributed by atoms with Crippen LogP contribution in [-0.4, -0.2) is 68.1 Å². The second-order valence-electron chi connectivity index (χ2n) is 8.31. The van der Waals surface area contributed by atoms with Crippen LogP contribution in [0.5, 0.6) is 11.5 Å². The van der Waals surface area contributed by atoms with Gasteiger partial charge in [-0.05, 0) is 62.9 Å². The highest BCUT2D eigenvalue weighted by atomic mass is 35.5. The first-order chi connectivity index (χ1) is 21.6. The average Bonchev–Trinajstić information content (AvgIpc) is 3.77. The molecule has 5 aromatic rings. The van der Waals surface area contributed by atoms with Crippen molar-refractivity contribution in [1.82, 2.24) is 25.6 Å². The summed E-state index contributed by atoms with van der Waals surface area (Å²) in [5.41, 5.74) is 1.41. The third-order valence-corrected chi connectivity index (χ3v) is 8.47. The first-order valence-electron chi connectivity index (χ1n) is 13.1. The number of hydrogen-bond donors (Lipinski definition) is 7. The van der Waals surface area contributed by atoms with Crippen LogP contribution in [0.25, 0.3) is 10.6 Å². The Hall–Kier alpha value is -2.34. The van der Waals surface area contributed by atoms with Crippen molar-refractivity contribution in [2.75, 3.05) is 20.7 Å². The van der Waals surface area contributed by atoms with Crippen LogP contribution >= 0.6 is 68.8 Å². The van der Waals surface area contributed by atoms with Crippen molar-refractivity contribution in [3.05, 3.63) is 90.7 Å². The lowest BCUT2D eigenvalue weighted by Gasteiger charge is -1.96. The van der Waals surface area contributed by atoms with E-state index in [1.54, 1.807) is 42.8 Å². The summed E-state index contributed by atoms with van der Waals surface area (Å²) < 4.78 is 1.17. The van der Waals surface area contributed by atoms with E-state index in [-0.39, 0.29) is 18.1 Å². The van der Waals surface area contributed by atoms with Crippen LogP contribution in [0.4, 0.5) is 0 Å². The molecule has 0 aliphatic carbocycles. The Morgan fingerprint density at radius 3 is 1.51 bits per heavy atom. The molecule has 5 rings (SSSR count). The first-order valence-corrected chi connectivity index (χ1v) is 16.9. The molecule has 0 atom stereocenters. The summed E-state index contributed by atoms with van der Waals surface area (Å²) in [5.74, 6) is 0.903. The predicted octanol–water partition coefficient (Wildman–Crippen LogP) is 5.36. The van der Waals surface area contributed by atoms with Crippen LogP contribution in [0, 0.1) is 0 Å². The second-order valence-corrected chi connectivity index (χ2v) is 13.1. The Morgan fingerprint density at radius 2 is 1.13 bits per heavy atom. The molecule has 17 heteroatoms.